The van der Waals surface area contributed by atoms with Crippen LogP contribution in [0.5, 0.6) is 0 Å². The van der Waals surface area contributed by atoms with Crippen LogP contribution in [-0.4, -0.2) is 15.0 Å². The van der Waals surface area contributed by atoms with Gasteiger partial charge in [-0.2, -0.15) is 0 Å². The van der Waals surface area contributed by atoms with Gasteiger partial charge in [0.1, 0.15) is 6.54 Å². The second-order valence-corrected chi connectivity index (χ2v) is 7.16. The SMILES string of the molecule is CCC(NC(=O)Cn1c(=O)ccn(Cc2ccccc2)c1=O)c1cccc(Cl)c1. The fourth-order valence-corrected chi connectivity index (χ4v) is 3.33. The first-order valence-electron chi connectivity index (χ1n) is 9.37. The van der Waals surface area contributed by atoms with E-state index in [9.17, 15) is 14.4 Å². The Kier molecular flexibility index (Phi) is 6.67. The van der Waals surface area contributed by atoms with Gasteiger partial charge in [-0.1, -0.05) is 61.0 Å². The van der Waals surface area contributed by atoms with Crippen LogP contribution in [0.3, 0.4) is 0 Å². The lowest BCUT2D eigenvalue weighted by molar-refractivity contribution is -0.122. The number of halogens is 1. The van der Waals surface area contributed by atoms with Crippen molar-refractivity contribution < 1.29 is 4.79 Å². The molecule has 0 saturated heterocycles. The summed E-state index contributed by atoms with van der Waals surface area (Å²) < 4.78 is 2.36. The Bertz CT molecular complexity index is 1110. The van der Waals surface area contributed by atoms with E-state index in [-0.39, 0.29) is 12.6 Å². The van der Waals surface area contributed by atoms with Gasteiger partial charge in [0.2, 0.25) is 5.91 Å². The third-order valence-electron chi connectivity index (χ3n) is 4.63. The molecule has 0 fully saturated rings. The van der Waals surface area contributed by atoms with E-state index in [0.717, 1.165) is 15.7 Å². The van der Waals surface area contributed by atoms with Crippen LogP contribution in [-0.2, 0) is 17.9 Å². The zero-order valence-corrected chi connectivity index (χ0v) is 16.8. The van der Waals surface area contributed by atoms with Crippen molar-refractivity contribution in [3.05, 3.63) is 104 Å². The largest absolute Gasteiger partial charge is 0.348 e. The lowest BCUT2D eigenvalue weighted by atomic mass is 10.0. The predicted octanol–water partition coefficient (Wildman–Crippen LogP) is 2.98. The molecule has 0 bridgehead atoms. The van der Waals surface area contributed by atoms with E-state index < -0.39 is 17.2 Å². The molecule has 1 atom stereocenters. The molecule has 150 valence electrons. The molecule has 2 aromatic carbocycles. The van der Waals surface area contributed by atoms with Crippen LogP contribution >= 0.6 is 11.6 Å². The number of carbonyl (C=O) groups excluding carboxylic acids is 1. The highest BCUT2D eigenvalue weighted by molar-refractivity contribution is 6.30. The molecule has 3 rings (SSSR count). The monoisotopic (exact) mass is 411 g/mol. The Labute approximate surface area is 173 Å². The number of rotatable bonds is 7. The number of nitrogens with zero attached hydrogens (tertiary/aromatic N) is 2. The Morgan fingerprint density at radius 1 is 1.07 bits per heavy atom. The van der Waals surface area contributed by atoms with Crippen LogP contribution in [0.2, 0.25) is 5.02 Å². The Balaban J connectivity index is 1.78. The van der Waals surface area contributed by atoms with Crippen molar-refractivity contribution >= 4 is 17.5 Å². The maximum atomic E-state index is 12.7. The van der Waals surface area contributed by atoms with Crippen LogP contribution in [0, 0.1) is 0 Å². The van der Waals surface area contributed by atoms with Crippen molar-refractivity contribution in [3.8, 4) is 0 Å². The number of nitrogens with one attached hydrogen (secondary N) is 1. The van der Waals surface area contributed by atoms with Crippen molar-refractivity contribution in [1.82, 2.24) is 14.5 Å². The van der Waals surface area contributed by atoms with Crippen molar-refractivity contribution in [1.29, 1.82) is 0 Å². The van der Waals surface area contributed by atoms with E-state index >= 15 is 0 Å². The molecule has 3 aromatic rings. The summed E-state index contributed by atoms with van der Waals surface area (Å²) >= 11 is 6.04. The summed E-state index contributed by atoms with van der Waals surface area (Å²) in [6.07, 6.45) is 2.10. The summed E-state index contributed by atoms with van der Waals surface area (Å²) in [5.41, 5.74) is 0.768. The van der Waals surface area contributed by atoms with Gasteiger partial charge in [-0.15, -0.1) is 0 Å². The molecule has 1 heterocycles. The molecule has 7 heteroatoms. The predicted molar refractivity (Wildman–Crippen MR) is 113 cm³/mol. The van der Waals surface area contributed by atoms with E-state index in [2.05, 4.69) is 5.32 Å². The molecule has 0 spiro atoms. The number of aromatic nitrogens is 2. The highest BCUT2D eigenvalue weighted by Gasteiger charge is 2.15. The van der Waals surface area contributed by atoms with Gasteiger partial charge < -0.3 is 5.32 Å². The molecule has 0 aliphatic heterocycles. The number of carbonyl (C=O) groups is 1. The number of benzene rings is 2. The molecule has 1 unspecified atom stereocenters. The molecule has 1 aromatic heterocycles. The third-order valence-corrected chi connectivity index (χ3v) is 4.87. The summed E-state index contributed by atoms with van der Waals surface area (Å²) in [6, 6.07) is 17.7. The molecule has 6 nitrogen and oxygen atoms in total. The second-order valence-electron chi connectivity index (χ2n) is 6.72. The summed E-state index contributed by atoms with van der Waals surface area (Å²) in [4.78, 5) is 37.5. The molecule has 0 aliphatic rings. The quantitative estimate of drug-likeness (QED) is 0.649. The normalized spacial score (nSPS) is 11.8. The van der Waals surface area contributed by atoms with Gasteiger partial charge in [0.25, 0.3) is 5.56 Å². The lowest BCUT2D eigenvalue weighted by Gasteiger charge is -2.18. The Morgan fingerprint density at radius 3 is 2.52 bits per heavy atom. The number of amides is 1. The van der Waals surface area contributed by atoms with Gasteiger partial charge in [0.05, 0.1) is 12.6 Å². The molecule has 0 radical (unpaired) electrons. The van der Waals surface area contributed by atoms with Crippen LogP contribution in [0.25, 0.3) is 0 Å². The minimum absolute atomic E-state index is 0.257. The van der Waals surface area contributed by atoms with Crippen LogP contribution in [0.15, 0.2) is 76.4 Å². The first kappa shape index (κ1) is 20.6. The fourth-order valence-electron chi connectivity index (χ4n) is 3.13. The summed E-state index contributed by atoms with van der Waals surface area (Å²) in [7, 11) is 0. The first-order chi connectivity index (χ1) is 14.0. The van der Waals surface area contributed by atoms with E-state index in [4.69, 9.17) is 11.6 Å². The van der Waals surface area contributed by atoms with Gasteiger partial charge in [0.15, 0.2) is 0 Å². The zero-order valence-electron chi connectivity index (χ0n) is 16.0. The summed E-state index contributed by atoms with van der Waals surface area (Å²) in [5.74, 6) is -0.409. The van der Waals surface area contributed by atoms with Gasteiger partial charge in [-0.05, 0) is 29.7 Å². The smallest absolute Gasteiger partial charge is 0.331 e. The highest BCUT2D eigenvalue weighted by Crippen LogP contribution is 2.20. The molecule has 29 heavy (non-hydrogen) atoms. The lowest BCUT2D eigenvalue weighted by Crippen LogP contribution is -2.43. The standard InChI is InChI=1S/C22H22ClN3O3/c1-2-19(17-9-6-10-18(23)13-17)24-20(27)15-26-21(28)11-12-25(22(26)29)14-16-7-4-3-5-8-16/h3-13,19H,2,14-15H2,1H3,(H,24,27). The van der Waals surface area contributed by atoms with Crippen molar-refractivity contribution in [2.75, 3.05) is 0 Å². The number of hydrogen-bond donors (Lipinski definition) is 1. The minimum Gasteiger partial charge on any atom is -0.348 e. The molecular formula is C22H22ClN3O3. The molecular weight excluding hydrogens is 390 g/mol. The highest BCUT2D eigenvalue weighted by atomic mass is 35.5. The van der Waals surface area contributed by atoms with Crippen LogP contribution < -0.4 is 16.6 Å². The summed E-state index contributed by atoms with van der Waals surface area (Å²) in [5, 5.41) is 3.46. The van der Waals surface area contributed by atoms with Crippen molar-refractivity contribution in [3.63, 3.8) is 0 Å². The average Bonchev–Trinajstić information content (AvgIpc) is 2.72. The average molecular weight is 412 g/mol. The van der Waals surface area contributed by atoms with Crippen LogP contribution in [0.4, 0.5) is 0 Å². The van der Waals surface area contributed by atoms with E-state index in [1.165, 1.54) is 16.8 Å². The topological polar surface area (TPSA) is 73.1 Å². The minimum atomic E-state index is -0.521. The van der Waals surface area contributed by atoms with E-state index in [1.54, 1.807) is 12.1 Å². The van der Waals surface area contributed by atoms with E-state index in [1.807, 2.05) is 49.4 Å². The van der Waals surface area contributed by atoms with E-state index in [0.29, 0.717) is 18.0 Å². The zero-order chi connectivity index (χ0) is 20.8. The summed E-state index contributed by atoms with van der Waals surface area (Å²) in [6.45, 7) is 1.92. The molecule has 0 aliphatic carbocycles. The second kappa shape index (κ2) is 9.39. The van der Waals surface area contributed by atoms with Gasteiger partial charge >= 0.3 is 5.69 Å². The van der Waals surface area contributed by atoms with Gasteiger partial charge in [-0.25, -0.2) is 4.79 Å². The van der Waals surface area contributed by atoms with Gasteiger partial charge in [-0.3, -0.25) is 18.7 Å². The maximum absolute atomic E-state index is 12.7. The third kappa shape index (κ3) is 5.23. The number of hydrogen-bond acceptors (Lipinski definition) is 3. The molecule has 0 saturated carbocycles. The fraction of sp³-hybridized carbons (Fsp3) is 0.227. The molecule has 1 amide bonds. The Hall–Kier alpha value is -3.12. The van der Waals surface area contributed by atoms with Crippen molar-refractivity contribution in [2.24, 2.45) is 0 Å². The van der Waals surface area contributed by atoms with Crippen molar-refractivity contribution in [2.45, 2.75) is 32.5 Å². The first-order valence-corrected chi connectivity index (χ1v) is 9.74. The van der Waals surface area contributed by atoms with Crippen LogP contribution in [0.1, 0.15) is 30.5 Å². The van der Waals surface area contributed by atoms with Gasteiger partial charge in [0, 0.05) is 17.3 Å². The Morgan fingerprint density at radius 2 is 1.83 bits per heavy atom. The molecule has 1 N–H and O–H groups in total. The maximum Gasteiger partial charge on any atom is 0.331 e.